The van der Waals surface area contributed by atoms with Crippen LogP contribution >= 0.6 is 0 Å². The zero-order valence-electron chi connectivity index (χ0n) is 12.2. The first kappa shape index (κ1) is 14.0. The second-order valence-corrected chi connectivity index (χ2v) is 5.77. The minimum Gasteiger partial charge on any atom is -0.318 e. The van der Waals surface area contributed by atoms with E-state index in [1.807, 2.05) is 7.05 Å². The van der Waals surface area contributed by atoms with Crippen molar-refractivity contribution in [3.63, 3.8) is 0 Å². The highest BCUT2D eigenvalue weighted by atomic mass is 15.0. The van der Waals surface area contributed by atoms with Crippen LogP contribution in [0, 0.1) is 0 Å². The zero-order chi connectivity index (χ0) is 13.7. The Balaban J connectivity index is 1.95. The lowest BCUT2D eigenvalue weighted by Gasteiger charge is -2.26. The fourth-order valence-corrected chi connectivity index (χ4v) is 2.44. The first-order valence-corrected chi connectivity index (χ1v) is 6.98. The summed E-state index contributed by atoms with van der Waals surface area (Å²) in [4.78, 5) is 0. The summed E-state index contributed by atoms with van der Waals surface area (Å²) in [5.41, 5.74) is 1.54. The highest BCUT2D eigenvalue weighted by Gasteiger charge is 2.14. The molecule has 0 saturated carbocycles. The molecule has 2 rings (SSSR count). The topological polar surface area (TPSA) is 24.1 Å². The van der Waals surface area contributed by atoms with E-state index in [9.17, 15) is 0 Å². The Morgan fingerprint density at radius 1 is 1.00 bits per heavy atom. The van der Waals surface area contributed by atoms with Gasteiger partial charge in [0.05, 0.1) is 0 Å². The van der Waals surface area contributed by atoms with Crippen LogP contribution in [-0.4, -0.2) is 25.7 Å². The summed E-state index contributed by atoms with van der Waals surface area (Å²) in [5, 5.41) is 9.46. The molecular formula is C17H24N2. The van der Waals surface area contributed by atoms with E-state index in [1.54, 1.807) is 0 Å². The smallest absolute Gasteiger partial charge is 0.0249 e. The Morgan fingerprint density at radius 3 is 2.47 bits per heavy atom. The molecule has 0 unspecified atom stereocenters. The van der Waals surface area contributed by atoms with Gasteiger partial charge >= 0.3 is 0 Å². The van der Waals surface area contributed by atoms with Crippen LogP contribution in [0.5, 0.6) is 0 Å². The van der Waals surface area contributed by atoms with Gasteiger partial charge in [-0.05, 0) is 50.2 Å². The second kappa shape index (κ2) is 6.18. The molecule has 0 radical (unpaired) electrons. The van der Waals surface area contributed by atoms with E-state index in [4.69, 9.17) is 0 Å². The Bertz CT molecular complexity index is 532. The molecule has 0 amide bonds. The quantitative estimate of drug-likeness (QED) is 0.830. The molecule has 19 heavy (non-hydrogen) atoms. The molecule has 2 aromatic carbocycles. The summed E-state index contributed by atoms with van der Waals surface area (Å²) in [6.07, 6.45) is 1.07. The van der Waals surface area contributed by atoms with Crippen LogP contribution in [0.4, 0.5) is 0 Å². The Hall–Kier alpha value is -1.38. The number of hydrogen-bond donors (Lipinski definition) is 2. The van der Waals surface area contributed by atoms with Gasteiger partial charge < -0.3 is 10.6 Å². The van der Waals surface area contributed by atoms with E-state index in [1.165, 1.54) is 16.3 Å². The first-order chi connectivity index (χ1) is 9.11. The molecule has 0 aromatic heterocycles. The molecule has 0 bridgehead atoms. The van der Waals surface area contributed by atoms with E-state index in [0.29, 0.717) is 0 Å². The van der Waals surface area contributed by atoms with Crippen molar-refractivity contribution in [2.24, 2.45) is 0 Å². The molecule has 0 fully saturated rings. The average Bonchev–Trinajstić information content (AvgIpc) is 2.38. The van der Waals surface area contributed by atoms with Crippen LogP contribution in [0.15, 0.2) is 42.5 Å². The lowest BCUT2D eigenvalue weighted by atomic mass is 10.0. The van der Waals surface area contributed by atoms with Gasteiger partial charge in [0.25, 0.3) is 0 Å². The number of rotatable bonds is 6. The van der Waals surface area contributed by atoms with Gasteiger partial charge in [-0.3, -0.25) is 0 Å². The summed E-state index contributed by atoms with van der Waals surface area (Å²) in [6.45, 7) is 6.44. The standard InChI is InChI=1S/C17H24N2/c1-17(2,13-18-3)19-11-10-14-8-9-15-6-4-5-7-16(15)12-14/h4-9,12,18-19H,10-11,13H2,1-3H3. The molecule has 102 valence electrons. The van der Waals surface area contributed by atoms with Gasteiger partial charge in [0, 0.05) is 12.1 Å². The van der Waals surface area contributed by atoms with Crippen molar-refractivity contribution >= 4 is 10.8 Å². The third-order valence-corrected chi connectivity index (χ3v) is 3.45. The van der Waals surface area contributed by atoms with Crippen LogP contribution in [0.1, 0.15) is 19.4 Å². The minimum absolute atomic E-state index is 0.144. The van der Waals surface area contributed by atoms with Gasteiger partial charge in [0.1, 0.15) is 0 Å². The number of benzene rings is 2. The number of nitrogens with one attached hydrogen (secondary N) is 2. The van der Waals surface area contributed by atoms with Gasteiger partial charge in [-0.2, -0.15) is 0 Å². The molecule has 2 nitrogen and oxygen atoms in total. The largest absolute Gasteiger partial charge is 0.318 e. The van der Waals surface area contributed by atoms with Crippen molar-refractivity contribution in [1.82, 2.24) is 10.6 Å². The van der Waals surface area contributed by atoms with Gasteiger partial charge in [-0.15, -0.1) is 0 Å². The maximum Gasteiger partial charge on any atom is 0.0249 e. The molecule has 2 N–H and O–H groups in total. The normalized spacial score (nSPS) is 11.9. The van der Waals surface area contributed by atoms with E-state index < -0.39 is 0 Å². The molecule has 0 atom stereocenters. The van der Waals surface area contributed by atoms with Crippen LogP contribution in [-0.2, 0) is 6.42 Å². The van der Waals surface area contributed by atoms with Crippen molar-refractivity contribution in [1.29, 1.82) is 0 Å². The van der Waals surface area contributed by atoms with Crippen LogP contribution in [0.3, 0.4) is 0 Å². The van der Waals surface area contributed by atoms with Crippen molar-refractivity contribution < 1.29 is 0 Å². The third-order valence-electron chi connectivity index (χ3n) is 3.45. The second-order valence-electron chi connectivity index (χ2n) is 5.77. The summed E-state index contributed by atoms with van der Waals surface area (Å²) in [6, 6.07) is 15.3. The molecule has 0 aliphatic heterocycles. The zero-order valence-corrected chi connectivity index (χ0v) is 12.2. The van der Waals surface area contributed by atoms with Crippen molar-refractivity contribution in [2.45, 2.75) is 25.8 Å². The van der Waals surface area contributed by atoms with E-state index >= 15 is 0 Å². The van der Waals surface area contributed by atoms with E-state index in [2.05, 4.69) is 66.9 Å². The highest BCUT2D eigenvalue weighted by Crippen LogP contribution is 2.15. The van der Waals surface area contributed by atoms with Gasteiger partial charge in [-0.25, -0.2) is 0 Å². The molecule has 0 aliphatic rings. The third kappa shape index (κ3) is 4.05. The lowest BCUT2D eigenvalue weighted by molar-refractivity contribution is 0.379. The molecule has 0 saturated heterocycles. The summed E-state index contributed by atoms with van der Waals surface area (Å²) in [5.74, 6) is 0. The summed E-state index contributed by atoms with van der Waals surface area (Å²) >= 11 is 0. The molecule has 2 aromatic rings. The van der Waals surface area contributed by atoms with Crippen molar-refractivity contribution in [3.05, 3.63) is 48.0 Å². The molecule has 0 spiro atoms. The van der Waals surface area contributed by atoms with Crippen LogP contribution in [0.2, 0.25) is 0 Å². The number of fused-ring (bicyclic) bond motifs is 1. The maximum atomic E-state index is 3.59. The first-order valence-electron chi connectivity index (χ1n) is 6.98. The molecular weight excluding hydrogens is 232 g/mol. The Labute approximate surface area is 116 Å². The predicted molar refractivity (Wildman–Crippen MR) is 83.7 cm³/mol. The molecule has 2 heteroatoms. The monoisotopic (exact) mass is 256 g/mol. The van der Waals surface area contributed by atoms with Crippen LogP contribution in [0.25, 0.3) is 10.8 Å². The average molecular weight is 256 g/mol. The van der Waals surface area contributed by atoms with Crippen molar-refractivity contribution in [2.75, 3.05) is 20.1 Å². The molecule has 0 aliphatic carbocycles. The number of likely N-dealkylation sites (N-methyl/N-ethyl adjacent to an activating group) is 1. The van der Waals surface area contributed by atoms with Gasteiger partial charge in [0.15, 0.2) is 0 Å². The van der Waals surface area contributed by atoms with E-state index in [0.717, 1.165) is 19.5 Å². The fourth-order valence-electron chi connectivity index (χ4n) is 2.44. The number of hydrogen-bond acceptors (Lipinski definition) is 2. The van der Waals surface area contributed by atoms with E-state index in [-0.39, 0.29) is 5.54 Å². The maximum absolute atomic E-state index is 3.59. The summed E-state index contributed by atoms with van der Waals surface area (Å²) < 4.78 is 0. The van der Waals surface area contributed by atoms with Crippen molar-refractivity contribution in [3.8, 4) is 0 Å². The fraction of sp³-hybridized carbons (Fsp3) is 0.412. The molecule has 0 heterocycles. The Morgan fingerprint density at radius 2 is 1.74 bits per heavy atom. The minimum atomic E-state index is 0.144. The van der Waals surface area contributed by atoms with Crippen LogP contribution < -0.4 is 10.6 Å². The SMILES string of the molecule is CNCC(C)(C)NCCc1ccc2ccccc2c1. The van der Waals surface area contributed by atoms with Gasteiger partial charge in [0.2, 0.25) is 0 Å². The predicted octanol–water partition coefficient (Wildman–Crippen LogP) is 2.97. The lowest BCUT2D eigenvalue weighted by Crippen LogP contribution is -2.47. The highest BCUT2D eigenvalue weighted by molar-refractivity contribution is 5.82. The Kier molecular flexibility index (Phi) is 4.56. The van der Waals surface area contributed by atoms with Gasteiger partial charge in [-0.1, -0.05) is 42.5 Å². The summed E-state index contributed by atoms with van der Waals surface area (Å²) in [7, 11) is 1.99.